The third-order valence-electron chi connectivity index (χ3n) is 4.29. The normalized spacial score (nSPS) is 14.4. The zero-order valence-electron chi connectivity index (χ0n) is 14.5. The van der Waals surface area contributed by atoms with Gasteiger partial charge in [0.05, 0.1) is 18.9 Å². The van der Waals surface area contributed by atoms with E-state index >= 15 is 0 Å². The van der Waals surface area contributed by atoms with E-state index in [4.69, 9.17) is 4.74 Å². The molecule has 2 aromatic heterocycles. The first-order valence-corrected chi connectivity index (χ1v) is 8.53. The lowest BCUT2D eigenvalue weighted by Crippen LogP contribution is -2.37. The Bertz CT molecular complexity index is 931. The Morgan fingerprint density at radius 2 is 1.88 bits per heavy atom. The van der Waals surface area contributed by atoms with Gasteiger partial charge in [0.25, 0.3) is 0 Å². The highest BCUT2D eigenvalue weighted by atomic mass is 16.5. The van der Waals surface area contributed by atoms with Gasteiger partial charge in [0, 0.05) is 30.9 Å². The zero-order chi connectivity index (χ0) is 17.9. The Balaban J connectivity index is 1.70. The highest BCUT2D eigenvalue weighted by molar-refractivity contribution is 5.70. The molecule has 0 unspecified atom stereocenters. The number of carbonyl (C=O) groups is 1. The molecule has 0 bridgehead atoms. The minimum Gasteiger partial charge on any atom is -0.378 e. The maximum Gasteiger partial charge on any atom is 0.196 e. The maximum absolute atomic E-state index is 11.3. The zero-order valence-corrected chi connectivity index (χ0v) is 14.5. The van der Waals surface area contributed by atoms with Gasteiger partial charge in [0.2, 0.25) is 0 Å². The Labute approximate surface area is 151 Å². The lowest BCUT2D eigenvalue weighted by Gasteiger charge is -2.28. The summed E-state index contributed by atoms with van der Waals surface area (Å²) in [7, 11) is 0. The molecule has 0 radical (unpaired) electrons. The summed E-state index contributed by atoms with van der Waals surface area (Å²) in [5.41, 5.74) is 3.08. The van der Waals surface area contributed by atoms with E-state index in [9.17, 15) is 4.79 Å². The summed E-state index contributed by atoms with van der Waals surface area (Å²) in [5.74, 6) is 1.44. The number of hydrogen-bond acceptors (Lipinski definition) is 6. The SMILES string of the molecule is Cc1cccc(-c2ccn(-c3cc(N4CCOCC4)nc(C=O)n3)n2)c1. The van der Waals surface area contributed by atoms with Crippen molar-refractivity contribution in [3.63, 3.8) is 0 Å². The Morgan fingerprint density at radius 1 is 1.08 bits per heavy atom. The summed E-state index contributed by atoms with van der Waals surface area (Å²) in [4.78, 5) is 22.0. The summed E-state index contributed by atoms with van der Waals surface area (Å²) in [6.07, 6.45) is 2.51. The number of morpholine rings is 1. The number of hydrogen-bond donors (Lipinski definition) is 0. The highest BCUT2D eigenvalue weighted by Crippen LogP contribution is 2.21. The van der Waals surface area contributed by atoms with Crippen LogP contribution in [0, 0.1) is 6.92 Å². The van der Waals surface area contributed by atoms with Crippen LogP contribution in [0.3, 0.4) is 0 Å². The van der Waals surface area contributed by atoms with Crippen molar-refractivity contribution >= 4 is 12.1 Å². The van der Waals surface area contributed by atoms with Gasteiger partial charge in [-0.05, 0) is 19.1 Å². The molecule has 1 aromatic carbocycles. The Morgan fingerprint density at radius 3 is 2.65 bits per heavy atom. The first-order chi connectivity index (χ1) is 12.7. The second kappa shape index (κ2) is 7.05. The third-order valence-corrected chi connectivity index (χ3v) is 4.29. The van der Waals surface area contributed by atoms with Gasteiger partial charge in [-0.3, -0.25) is 4.79 Å². The summed E-state index contributed by atoms with van der Waals surface area (Å²) in [5, 5.41) is 4.62. The molecular weight excluding hydrogens is 330 g/mol. The van der Waals surface area contributed by atoms with Crippen molar-refractivity contribution in [2.24, 2.45) is 0 Å². The number of ether oxygens (including phenoxy) is 1. The van der Waals surface area contributed by atoms with Crippen molar-refractivity contribution in [1.29, 1.82) is 0 Å². The van der Waals surface area contributed by atoms with Crippen LogP contribution in [0.4, 0.5) is 5.82 Å². The molecule has 0 amide bonds. The number of aryl methyl sites for hydroxylation is 1. The van der Waals surface area contributed by atoms with Crippen molar-refractivity contribution in [2.75, 3.05) is 31.2 Å². The van der Waals surface area contributed by atoms with E-state index in [2.05, 4.69) is 39.0 Å². The van der Waals surface area contributed by atoms with Crippen LogP contribution >= 0.6 is 0 Å². The second-order valence-electron chi connectivity index (χ2n) is 6.17. The molecule has 1 saturated heterocycles. The summed E-state index contributed by atoms with van der Waals surface area (Å²) in [6, 6.07) is 12.0. The minimum atomic E-state index is 0.150. The number of anilines is 1. The number of nitrogens with zero attached hydrogens (tertiary/aromatic N) is 5. The van der Waals surface area contributed by atoms with Crippen molar-refractivity contribution < 1.29 is 9.53 Å². The van der Waals surface area contributed by atoms with Gasteiger partial charge in [-0.25, -0.2) is 14.6 Å². The van der Waals surface area contributed by atoms with Crippen LogP contribution in [-0.4, -0.2) is 52.3 Å². The number of carbonyl (C=O) groups excluding carboxylic acids is 1. The number of benzene rings is 1. The summed E-state index contributed by atoms with van der Waals surface area (Å²) in [6.45, 7) is 4.82. The Hall–Kier alpha value is -3.06. The standard InChI is InChI=1S/C19H19N5O2/c1-14-3-2-4-15(11-14)16-5-6-24(22-16)19-12-18(20-17(13-25)21-19)23-7-9-26-10-8-23/h2-6,11-13H,7-10H2,1H3. The van der Waals surface area contributed by atoms with Gasteiger partial charge in [0.1, 0.15) is 5.82 Å². The molecule has 1 aliphatic heterocycles. The van der Waals surface area contributed by atoms with E-state index in [0.29, 0.717) is 31.1 Å². The predicted octanol–water partition coefficient (Wildman–Crippen LogP) is 2.29. The Kier molecular flexibility index (Phi) is 4.45. The second-order valence-corrected chi connectivity index (χ2v) is 6.17. The number of rotatable bonds is 4. The molecule has 26 heavy (non-hydrogen) atoms. The van der Waals surface area contributed by atoms with E-state index in [1.807, 2.05) is 30.5 Å². The summed E-state index contributed by atoms with van der Waals surface area (Å²) >= 11 is 0. The van der Waals surface area contributed by atoms with Crippen molar-refractivity contribution in [2.45, 2.75) is 6.92 Å². The first kappa shape index (κ1) is 16.4. The van der Waals surface area contributed by atoms with Crippen molar-refractivity contribution in [3.05, 3.63) is 54.0 Å². The summed E-state index contributed by atoms with van der Waals surface area (Å²) < 4.78 is 7.06. The van der Waals surface area contributed by atoms with Gasteiger partial charge in [-0.15, -0.1) is 0 Å². The molecule has 132 valence electrons. The van der Waals surface area contributed by atoms with Crippen molar-refractivity contribution in [3.8, 4) is 17.1 Å². The van der Waals surface area contributed by atoms with E-state index in [1.54, 1.807) is 4.68 Å². The molecule has 0 atom stereocenters. The van der Waals surface area contributed by atoms with Crippen LogP contribution in [0.2, 0.25) is 0 Å². The van der Waals surface area contributed by atoms with Gasteiger partial charge in [-0.1, -0.05) is 23.8 Å². The number of aromatic nitrogens is 4. The van der Waals surface area contributed by atoms with Gasteiger partial charge in [0.15, 0.2) is 17.9 Å². The van der Waals surface area contributed by atoms with E-state index in [-0.39, 0.29) is 5.82 Å². The molecule has 7 nitrogen and oxygen atoms in total. The highest BCUT2D eigenvalue weighted by Gasteiger charge is 2.16. The molecule has 4 rings (SSSR count). The minimum absolute atomic E-state index is 0.150. The quantitative estimate of drug-likeness (QED) is 0.673. The molecule has 0 N–H and O–H groups in total. The molecule has 1 fully saturated rings. The van der Waals surface area contributed by atoms with Gasteiger partial charge >= 0.3 is 0 Å². The lowest BCUT2D eigenvalue weighted by molar-refractivity contribution is 0.111. The van der Waals surface area contributed by atoms with Crippen LogP contribution in [0.5, 0.6) is 0 Å². The molecule has 0 saturated carbocycles. The molecule has 0 spiro atoms. The average Bonchev–Trinajstić information content (AvgIpc) is 3.19. The smallest absolute Gasteiger partial charge is 0.196 e. The average molecular weight is 349 g/mol. The first-order valence-electron chi connectivity index (χ1n) is 8.53. The van der Waals surface area contributed by atoms with E-state index in [1.165, 1.54) is 5.56 Å². The van der Waals surface area contributed by atoms with Gasteiger partial charge < -0.3 is 9.64 Å². The molecule has 0 aliphatic carbocycles. The molecule has 7 heteroatoms. The third kappa shape index (κ3) is 3.34. The predicted molar refractivity (Wildman–Crippen MR) is 97.7 cm³/mol. The van der Waals surface area contributed by atoms with E-state index < -0.39 is 0 Å². The molecule has 3 aromatic rings. The van der Waals surface area contributed by atoms with Crippen LogP contribution in [0.15, 0.2) is 42.6 Å². The van der Waals surface area contributed by atoms with Crippen LogP contribution in [0.1, 0.15) is 16.2 Å². The van der Waals surface area contributed by atoms with Crippen LogP contribution in [-0.2, 0) is 4.74 Å². The molecule has 3 heterocycles. The van der Waals surface area contributed by atoms with Crippen LogP contribution < -0.4 is 4.90 Å². The molecular formula is C19H19N5O2. The fourth-order valence-electron chi connectivity index (χ4n) is 2.97. The van der Waals surface area contributed by atoms with Gasteiger partial charge in [-0.2, -0.15) is 5.10 Å². The fraction of sp³-hybridized carbons (Fsp3) is 0.263. The monoisotopic (exact) mass is 349 g/mol. The fourth-order valence-corrected chi connectivity index (χ4v) is 2.97. The largest absolute Gasteiger partial charge is 0.378 e. The molecule has 1 aliphatic rings. The van der Waals surface area contributed by atoms with Crippen LogP contribution in [0.25, 0.3) is 17.1 Å². The van der Waals surface area contributed by atoms with Crippen molar-refractivity contribution in [1.82, 2.24) is 19.7 Å². The lowest BCUT2D eigenvalue weighted by atomic mass is 10.1. The maximum atomic E-state index is 11.3. The van der Waals surface area contributed by atoms with E-state index in [0.717, 1.165) is 24.3 Å². The topological polar surface area (TPSA) is 73.1 Å². The number of aldehydes is 1.